The van der Waals surface area contributed by atoms with Crippen LogP contribution in [0.25, 0.3) is 0 Å². The van der Waals surface area contributed by atoms with E-state index in [1.54, 1.807) is 19.1 Å². The third-order valence-electron chi connectivity index (χ3n) is 2.96. The molecule has 1 heterocycles. The molecule has 6 heteroatoms. The first-order valence-corrected chi connectivity index (χ1v) is 6.88. The van der Waals surface area contributed by atoms with Gasteiger partial charge < -0.3 is 19.3 Å². The fourth-order valence-electron chi connectivity index (χ4n) is 1.93. The summed E-state index contributed by atoms with van der Waals surface area (Å²) in [6, 6.07) is 4.74. The molecule has 110 valence electrons. The van der Waals surface area contributed by atoms with Crippen LogP contribution in [0.4, 0.5) is 0 Å². The van der Waals surface area contributed by atoms with Crippen LogP contribution in [0, 0.1) is 0 Å². The van der Waals surface area contributed by atoms with Gasteiger partial charge in [0.05, 0.1) is 24.8 Å². The zero-order valence-electron chi connectivity index (χ0n) is 11.2. The summed E-state index contributed by atoms with van der Waals surface area (Å²) in [4.78, 5) is 11.5. The van der Waals surface area contributed by atoms with Crippen molar-refractivity contribution in [2.45, 2.75) is 25.6 Å². The van der Waals surface area contributed by atoms with Crippen molar-refractivity contribution in [2.75, 3.05) is 19.8 Å². The van der Waals surface area contributed by atoms with Crippen molar-refractivity contribution in [3.8, 4) is 5.75 Å². The van der Waals surface area contributed by atoms with E-state index in [1.807, 2.05) is 0 Å². The molecule has 0 bridgehead atoms. The van der Waals surface area contributed by atoms with Crippen LogP contribution in [0.2, 0.25) is 5.02 Å². The molecular formula is C14H17ClO5. The lowest BCUT2D eigenvalue weighted by Gasteiger charge is -2.15. The van der Waals surface area contributed by atoms with Crippen LogP contribution in [-0.2, 0) is 14.3 Å². The molecular weight excluding hydrogens is 284 g/mol. The molecule has 2 unspecified atom stereocenters. The molecule has 1 fully saturated rings. The average molecular weight is 301 g/mol. The van der Waals surface area contributed by atoms with Crippen LogP contribution in [-0.4, -0.2) is 37.0 Å². The van der Waals surface area contributed by atoms with Crippen molar-refractivity contribution in [3.63, 3.8) is 0 Å². The molecule has 1 aliphatic heterocycles. The van der Waals surface area contributed by atoms with E-state index in [0.29, 0.717) is 29.5 Å². The summed E-state index contributed by atoms with van der Waals surface area (Å²) in [5, 5.41) is 10.2. The normalized spacial score (nSPS) is 19.6. The lowest BCUT2D eigenvalue weighted by atomic mass is 10.1. The van der Waals surface area contributed by atoms with E-state index in [0.717, 1.165) is 6.42 Å². The molecule has 0 spiro atoms. The first-order chi connectivity index (χ1) is 9.61. The highest BCUT2D eigenvalue weighted by Crippen LogP contribution is 2.30. The van der Waals surface area contributed by atoms with E-state index in [9.17, 15) is 9.90 Å². The number of esters is 1. The van der Waals surface area contributed by atoms with Gasteiger partial charge in [0, 0.05) is 6.42 Å². The summed E-state index contributed by atoms with van der Waals surface area (Å²) in [5.74, 6) is -0.177. The number of hydrogen-bond acceptors (Lipinski definition) is 5. The Morgan fingerprint density at radius 2 is 2.40 bits per heavy atom. The maximum Gasteiger partial charge on any atom is 0.339 e. The summed E-state index contributed by atoms with van der Waals surface area (Å²) >= 11 is 6.10. The zero-order valence-corrected chi connectivity index (χ0v) is 11.9. The summed E-state index contributed by atoms with van der Waals surface area (Å²) in [7, 11) is 0. The van der Waals surface area contributed by atoms with Gasteiger partial charge in [-0.15, -0.1) is 0 Å². The van der Waals surface area contributed by atoms with Crippen molar-refractivity contribution >= 4 is 17.6 Å². The molecule has 2 rings (SSSR count). The van der Waals surface area contributed by atoms with Gasteiger partial charge in [0.25, 0.3) is 0 Å². The van der Waals surface area contributed by atoms with Gasteiger partial charge in [-0.05, 0) is 24.6 Å². The first-order valence-electron chi connectivity index (χ1n) is 6.50. The predicted molar refractivity (Wildman–Crippen MR) is 72.9 cm³/mol. The van der Waals surface area contributed by atoms with Crippen molar-refractivity contribution in [3.05, 3.63) is 28.8 Å². The van der Waals surface area contributed by atoms with Gasteiger partial charge in [-0.25, -0.2) is 4.79 Å². The molecule has 1 N–H and O–H groups in total. The number of aliphatic hydroxyl groups is 1. The topological polar surface area (TPSA) is 65.0 Å². The van der Waals surface area contributed by atoms with Crippen LogP contribution in [0.1, 0.15) is 25.0 Å². The summed E-state index contributed by atoms with van der Waals surface area (Å²) in [5.41, 5.74) is 0.378. The second kappa shape index (κ2) is 6.92. The standard InChI is InChI=1S/C14H17ClO5/c1-2-19-14(17)13(16)9-3-4-12(11(15)7-9)20-10-5-6-18-8-10/h3-4,7,10,13,16H,2,5-6,8H2,1H3. The number of hydrogen-bond donors (Lipinski definition) is 1. The number of carbonyl (C=O) groups excluding carboxylic acids is 1. The van der Waals surface area contributed by atoms with E-state index >= 15 is 0 Å². The Labute approximate surface area is 122 Å². The number of benzene rings is 1. The molecule has 0 amide bonds. The lowest BCUT2D eigenvalue weighted by Crippen LogP contribution is -2.17. The summed E-state index contributed by atoms with van der Waals surface area (Å²) < 4.78 is 15.7. The van der Waals surface area contributed by atoms with Gasteiger partial charge in [0.1, 0.15) is 11.9 Å². The van der Waals surface area contributed by atoms with Gasteiger partial charge in [-0.3, -0.25) is 0 Å². The van der Waals surface area contributed by atoms with E-state index in [2.05, 4.69) is 0 Å². The second-order valence-electron chi connectivity index (χ2n) is 4.45. The van der Waals surface area contributed by atoms with Crippen LogP contribution >= 0.6 is 11.6 Å². The van der Waals surface area contributed by atoms with E-state index in [-0.39, 0.29) is 12.7 Å². The molecule has 2 atom stereocenters. The van der Waals surface area contributed by atoms with Gasteiger partial charge >= 0.3 is 5.97 Å². The minimum Gasteiger partial charge on any atom is -0.486 e. The molecule has 1 saturated heterocycles. The quantitative estimate of drug-likeness (QED) is 0.844. The summed E-state index contributed by atoms with van der Waals surface area (Å²) in [6.07, 6.45) is -0.520. The van der Waals surface area contributed by atoms with E-state index in [1.165, 1.54) is 6.07 Å². The average Bonchev–Trinajstić information content (AvgIpc) is 2.93. The first kappa shape index (κ1) is 15.1. The van der Waals surface area contributed by atoms with Gasteiger partial charge in [-0.2, -0.15) is 0 Å². The predicted octanol–water partition coefficient (Wildman–Crippen LogP) is 2.10. The highest BCUT2D eigenvalue weighted by molar-refractivity contribution is 6.32. The van der Waals surface area contributed by atoms with Gasteiger partial charge in [-0.1, -0.05) is 17.7 Å². The molecule has 5 nitrogen and oxygen atoms in total. The molecule has 0 radical (unpaired) electrons. The van der Waals surface area contributed by atoms with Crippen LogP contribution in [0.3, 0.4) is 0 Å². The molecule has 20 heavy (non-hydrogen) atoms. The van der Waals surface area contributed by atoms with Gasteiger partial charge in [0.15, 0.2) is 6.10 Å². The van der Waals surface area contributed by atoms with Gasteiger partial charge in [0.2, 0.25) is 0 Å². The number of rotatable bonds is 5. The minimum atomic E-state index is -1.34. The second-order valence-corrected chi connectivity index (χ2v) is 4.86. The van der Waals surface area contributed by atoms with Crippen LogP contribution < -0.4 is 4.74 Å². The number of ether oxygens (including phenoxy) is 3. The molecule has 1 aromatic carbocycles. The SMILES string of the molecule is CCOC(=O)C(O)c1ccc(OC2CCOC2)c(Cl)c1. The number of carbonyl (C=O) groups is 1. The maximum absolute atomic E-state index is 11.5. The lowest BCUT2D eigenvalue weighted by molar-refractivity contribution is -0.153. The Morgan fingerprint density at radius 3 is 3.00 bits per heavy atom. The molecule has 1 aliphatic rings. The Balaban J connectivity index is 2.06. The van der Waals surface area contributed by atoms with Crippen LogP contribution in [0.5, 0.6) is 5.75 Å². The van der Waals surface area contributed by atoms with Crippen molar-refractivity contribution in [1.82, 2.24) is 0 Å². The number of halogens is 1. The number of aliphatic hydroxyl groups excluding tert-OH is 1. The molecule has 0 aromatic heterocycles. The molecule has 1 aromatic rings. The fraction of sp³-hybridized carbons (Fsp3) is 0.500. The minimum absolute atomic E-state index is 0.00618. The van der Waals surface area contributed by atoms with E-state index in [4.69, 9.17) is 25.8 Å². The Morgan fingerprint density at radius 1 is 1.60 bits per heavy atom. The Hall–Kier alpha value is -1.30. The third kappa shape index (κ3) is 3.62. The van der Waals surface area contributed by atoms with Crippen LogP contribution in [0.15, 0.2) is 18.2 Å². The maximum atomic E-state index is 11.5. The van der Waals surface area contributed by atoms with Crippen molar-refractivity contribution in [1.29, 1.82) is 0 Å². The Kier molecular flexibility index (Phi) is 5.23. The highest BCUT2D eigenvalue weighted by atomic mass is 35.5. The monoisotopic (exact) mass is 300 g/mol. The third-order valence-corrected chi connectivity index (χ3v) is 3.26. The molecule has 0 saturated carbocycles. The van der Waals surface area contributed by atoms with Crippen molar-refractivity contribution in [2.24, 2.45) is 0 Å². The highest BCUT2D eigenvalue weighted by Gasteiger charge is 2.22. The summed E-state index contributed by atoms with van der Waals surface area (Å²) in [6.45, 7) is 3.12. The Bertz CT molecular complexity index is 471. The van der Waals surface area contributed by atoms with Crippen molar-refractivity contribution < 1.29 is 24.1 Å². The zero-order chi connectivity index (χ0) is 14.5. The van der Waals surface area contributed by atoms with E-state index < -0.39 is 12.1 Å². The largest absolute Gasteiger partial charge is 0.486 e. The smallest absolute Gasteiger partial charge is 0.339 e. The molecule has 0 aliphatic carbocycles. The fourth-order valence-corrected chi connectivity index (χ4v) is 2.16.